The molecule has 2 aromatic rings. The number of aryl methyl sites for hydroxylation is 2. The van der Waals surface area contributed by atoms with Gasteiger partial charge < -0.3 is 9.09 Å². The van der Waals surface area contributed by atoms with Gasteiger partial charge in [-0.05, 0) is 19.8 Å². The summed E-state index contributed by atoms with van der Waals surface area (Å²) in [4.78, 5) is 0. The van der Waals surface area contributed by atoms with Gasteiger partial charge in [0.2, 0.25) is 0 Å². The first-order chi connectivity index (χ1) is 8.83. The number of rotatable bonds is 3. The predicted molar refractivity (Wildman–Crippen MR) is 68.4 cm³/mol. The molecule has 0 amide bonds. The van der Waals surface area contributed by atoms with Crippen LogP contribution in [0.4, 0.5) is 0 Å². The van der Waals surface area contributed by atoms with E-state index in [1.165, 1.54) is 19.3 Å². The van der Waals surface area contributed by atoms with E-state index in [1.54, 1.807) is 11.8 Å². The molecular formula is C12H16N4OS. The lowest BCUT2D eigenvalue weighted by molar-refractivity contribution is 0.393. The average molecular weight is 264 g/mol. The van der Waals surface area contributed by atoms with Gasteiger partial charge in [0.05, 0.1) is 5.69 Å². The molecule has 0 bridgehead atoms. The molecule has 18 heavy (non-hydrogen) atoms. The average Bonchev–Trinajstić information content (AvgIpc) is 2.87. The van der Waals surface area contributed by atoms with E-state index in [4.69, 9.17) is 4.52 Å². The van der Waals surface area contributed by atoms with Gasteiger partial charge in [0.25, 0.3) is 0 Å². The molecule has 1 aliphatic rings. The molecule has 3 rings (SSSR count). The maximum Gasteiger partial charge on any atom is 0.191 e. The molecule has 3 heterocycles. The Hall–Kier alpha value is -1.30. The molecule has 0 aromatic carbocycles. The van der Waals surface area contributed by atoms with Crippen LogP contribution in [0.1, 0.15) is 36.5 Å². The van der Waals surface area contributed by atoms with E-state index in [9.17, 15) is 0 Å². The van der Waals surface area contributed by atoms with E-state index in [2.05, 4.69) is 19.9 Å². The molecule has 0 radical (unpaired) electrons. The summed E-state index contributed by atoms with van der Waals surface area (Å²) in [6.07, 6.45) is 4.79. The van der Waals surface area contributed by atoms with Crippen molar-refractivity contribution in [1.82, 2.24) is 19.9 Å². The summed E-state index contributed by atoms with van der Waals surface area (Å²) >= 11 is 1.68. The zero-order valence-corrected chi connectivity index (χ0v) is 11.2. The molecule has 0 spiro atoms. The largest absolute Gasteiger partial charge is 0.361 e. The van der Waals surface area contributed by atoms with Crippen molar-refractivity contribution < 1.29 is 4.52 Å². The van der Waals surface area contributed by atoms with E-state index in [0.717, 1.165) is 41.2 Å². The molecule has 0 N–H and O–H groups in total. The fraction of sp³-hybridized carbons (Fsp3) is 0.583. The third kappa shape index (κ3) is 2.43. The van der Waals surface area contributed by atoms with Gasteiger partial charge in [0.1, 0.15) is 11.6 Å². The molecule has 0 saturated carbocycles. The van der Waals surface area contributed by atoms with Crippen LogP contribution in [0.15, 0.2) is 15.7 Å². The highest BCUT2D eigenvalue weighted by molar-refractivity contribution is 7.98. The number of hydrogen-bond donors (Lipinski definition) is 0. The molecule has 1 aliphatic heterocycles. The molecule has 0 fully saturated rings. The van der Waals surface area contributed by atoms with Crippen molar-refractivity contribution in [2.45, 2.75) is 50.1 Å². The molecule has 5 nitrogen and oxygen atoms in total. The van der Waals surface area contributed by atoms with E-state index in [1.807, 2.05) is 13.0 Å². The predicted octanol–water partition coefficient (Wildman–Crippen LogP) is 2.59. The first kappa shape index (κ1) is 11.8. The van der Waals surface area contributed by atoms with Gasteiger partial charge in [-0.3, -0.25) is 0 Å². The first-order valence-corrected chi connectivity index (χ1v) is 7.28. The highest BCUT2D eigenvalue weighted by Crippen LogP contribution is 2.24. The van der Waals surface area contributed by atoms with Crippen LogP contribution in [0.5, 0.6) is 0 Å². The maximum absolute atomic E-state index is 5.06. The molecule has 6 heteroatoms. The van der Waals surface area contributed by atoms with E-state index in [0.29, 0.717) is 0 Å². The molecule has 0 aliphatic carbocycles. The van der Waals surface area contributed by atoms with Crippen molar-refractivity contribution in [1.29, 1.82) is 0 Å². The fourth-order valence-electron chi connectivity index (χ4n) is 2.19. The SMILES string of the molecule is Cc1cc(CSc2nnc3n2CCCCC3)no1. The Morgan fingerprint density at radius 1 is 1.33 bits per heavy atom. The molecule has 2 aromatic heterocycles. The van der Waals surface area contributed by atoms with Crippen LogP contribution in [0.25, 0.3) is 0 Å². The molecule has 0 unspecified atom stereocenters. The Bertz CT molecular complexity index is 534. The van der Waals surface area contributed by atoms with Crippen LogP contribution in [-0.4, -0.2) is 19.9 Å². The summed E-state index contributed by atoms with van der Waals surface area (Å²) in [5, 5.41) is 13.6. The summed E-state index contributed by atoms with van der Waals surface area (Å²) in [6, 6.07) is 1.96. The van der Waals surface area contributed by atoms with Crippen LogP contribution >= 0.6 is 11.8 Å². The molecular weight excluding hydrogens is 248 g/mol. The lowest BCUT2D eigenvalue weighted by atomic mass is 10.2. The summed E-state index contributed by atoms with van der Waals surface area (Å²) in [5.41, 5.74) is 0.962. The van der Waals surface area contributed by atoms with Crippen molar-refractivity contribution in [3.63, 3.8) is 0 Å². The van der Waals surface area contributed by atoms with E-state index < -0.39 is 0 Å². The van der Waals surface area contributed by atoms with Crippen LogP contribution in [-0.2, 0) is 18.7 Å². The van der Waals surface area contributed by atoms with Crippen LogP contribution < -0.4 is 0 Å². The fourth-order valence-corrected chi connectivity index (χ4v) is 3.05. The van der Waals surface area contributed by atoms with Gasteiger partial charge in [0.15, 0.2) is 5.16 Å². The van der Waals surface area contributed by atoms with Crippen molar-refractivity contribution in [2.24, 2.45) is 0 Å². The standard InChI is InChI=1S/C12H16N4OS/c1-9-7-10(15-17-9)8-18-12-14-13-11-5-3-2-4-6-16(11)12/h7H,2-6,8H2,1H3. The van der Waals surface area contributed by atoms with Gasteiger partial charge in [-0.2, -0.15) is 0 Å². The van der Waals surface area contributed by atoms with Crippen LogP contribution in [0, 0.1) is 6.92 Å². The third-order valence-electron chi connectivity index (χ3n) is 3.10. The lowest BCUT2D eigenvalue weighted by Gasteiger charge is -2.04. The normalized spacial score (nSPS) is 15.4. The Balaban J connectivity index is 1.71. The lowest BCUT2D eigenvalue weighted by Crippen LogP contribution is -2.02. The number of thioether (sulfide) groups is 1. The second kappa shape index (κ2) is 5.14. The summed E-state index contributed by atoms with van der Waals surface area (Å²) < 4.78 is 7.32. The van der Waals surface area contributed by atoms with Gasteiger partial charge in [0, 0.05) is 24.8 Å². The Kier molecular flexibility index (Phi) is 3.36. The van der Waals surface area contributed by atoms with Crippen molar-refractivity contribution in [3.8, 4) is 0 Å². The minimum absolute atomic E-state index is 0.787. The van der Waals surface area contributed by atoms with Gasteiger partial charge >= 0.3 is 0 Å². The van der Waals surface area contributed by atoms with Gasteiger partial charge in [-0.1, -0.05) is 23.3 Å². The van der Waals surface area contributed by atoms with Crippen LogP contribution in [0.2, 0.25) is 0 Å². The summed E-state index contributed by atoms with van der Waals surface area (Å²) in [7, 11) is 0. The number of hydrogen-bond acceptors (Lipinski definition) is 5. The van der Waals surface area contributed by atoms with Gasteiger partial charge in [-0.15, -0.1) is 10.2 Å². The van der Waals surface area contributed by atoms with E-state index in [-0.39, 0.29) is 0 Å². The molecule has 96 valence electrons. The quantitative estimate of drug-likeness (QED) is 0.797. The van der Waals surface area contributed by atoms with Crippen molar-refractivity contribution in [3.05, 3.63) is 23.3 Å². The Labute approximate surface area is 110 Å². The Morgan fingerprint density at radius 3 is 3.11 bits per heavy atom. The highest BCUT2D eigenvalue weighted by Gasteiger charge is 2.15. The third-order valence-corrected chi connectivity index (χ3v) is 4.10. The smallest absolute Gasteiger partial charge is 0.191 e. The summed E-state index contributed by atoms with van der Waals surface area (Å²) in [6.45, 7) is 2.95. The monoisotopic (exact) mass is 264 g/mol. The minimum atomic E-state index is 0.787. The molecule has 0 atom stereocenters. The minimum Gasteiger partial charge on any atom is -0.361 e. The van der Waals surface area contributed by atoms with Crippen LogP contribution in [0.3, 0.4) is 0 Å². The second-order valence-electron chi connectivity index (χ2n) is 4.58. The van der Waals surface area contributed by atoms with Gasteiger partial charge in [-0.25, -0.2) is 0 Å². The highest BCUT2D eigenvalue weighted by atomic mass is 32.2. The second-order valence-corrected chi connectivity index (χ2v) is 5.52. The molecule has 0 saturated heterocycles. The zero-order valence-electron chi connectivity index (χ0n) is 10.4. The Morgan fingerprint density at radius 2 is 2.28 bits per heavy atom. The maximum atomic E-state index is 5.06. The zero-order chi connectivity index (χ0) is 12.4. The van der Waals surface area contributed by atoms with Crippen molar-refractivity contribution in [2.75, 3.05) is 0 Å². The topological polar surface area (TPSA) is 56.7 Å². The van der Waals surface area contributed by atoms with Crippen molar-refractivity contribution >= 4 is 11.8 Å². The number of fused-ring (bicyclic) bond motifs is 1. The number of aromatic nitrogens is 4. The summed E-state index contributed by atoms with van der Waals surface area (Å²) in [5.74, 6) is 2.77. The van der Waals surface area contributed by atoms with E-state index >= 15 is 0 Å². The first-order valence-electron chi connectivity index (χ1n) is 6.30. The number of nitrogens with zero attached hydrogens (tertiary/aromatic N) is 4.